The molecule has 1 aromatic rings. The summed E-state index contributed by atoms with van der Waals surface area (Å²) in [6, 6.07) is -0.937. The lowest BCUT2D eigenvalue weighted by Gasteiger charge is -2.39. The highest BCUT2D eigenvalue weighted by molar-refractivity contribution is 5.91. The van der Waals surface area contributed by atoms with Gasteiger partial charge in [-0.15, -0.1) is 0 Å². The molecule has 0 bridgehead atoms. The van der Waals surface area contributed by atoms with Crippen LogP contribution in [0.2, 0.25) is 0 Å². The Morgan fingerprint density at radius 3 is 0.711 bits per heavy atom. The molecule has 0 radical (unpaired) electrons. The Morgan fingerprint density at radius 2 is 0.513 bits per heavy atom. The van der Waals surface area contributed by atoms with Crippen molar-refractivity contribution in [2.75, 3.05) is 26.9 Å². The Kier molecular flexibility index (Phi) is 18.2. The van der Waals surface area contributed by atoms with Gasteiger partial charge in [0.1, 0.15) is 0 Å². The summed E-state index contributed by atoms with van der Waals surface area (Å²) in [6.07, 6.45) is -34.8. The maximum absolute atomic E-state index is 14.5. The maximum Gasteiger partial charge on any atom is 0.460 e. The third-order valence-corrected chi connectivity index (χ3v) is 9.45. The number of alkyl halides is 39. The number of methoxy groups -OCH3 is 1. The molecule has 76 heavy (non-hydrogen) atoms. The number of hydrogen-bond donors (Lipinski definition) is 0. The normalized spacial score (nSPS) is 15.7. The molecule has 0 fully saturated rings. The van der Waals surface area contributed by atoms with Crippen molar-refractivity contribution in [1.29, 1.82) is 0 Å². The van der Waals surface area contributed by atoms with E-state index in [1.54, 1.807) is 0 Å². The van der Waals surface area contributed by atoms with Gasteiger partial charge in [-0.05, 0) is 12.1 Å². The second kappa shape index (κ2) is 19.9. The topological polar surface area (TPSA) is 54.0 Å². The first-order valence-electron chi connectivity index (χ1n) is 17.9. The van der Waals surface area contributed by atoms with Crippen LogP contribution in [-0.4, -0.2) is 140 Å². The van der Waals surface area contributed by atoms with Crippen molar-refractivity contribution in [3.63, 3.8) is 0 Å². The largest absolute Gasteiger partial charge is 0.489 e. The van der Waals surface area contributed by atoms with Gasteiger partial charge in [-0.3, -0.25) is 0 Å². The van der Waals surface area contributed by atoms with Gasteiger partial charge in [0.05, 0.1) is 51.8 Å². The number of carbonyl (C=O) groups excluding carboxylic acids is 1. The number of ether oxygens (including phenoxy) is 4. The van der Waals surface area contributed by atoms with Gasteiger partial charge in [-0.25, -0.2) is 4.79 Å². The van der Waals surface area contributed by atoms with E-state index in [4.69, 9.17) is 0 Å². The predicted molar refractivity (Wildman–Crippen MR) is 160 cm³/mol. The highest BCUT2D eigenvalue weighted by Gasteiger charge is 2.93. The Bertz CT molecular complexity index is 2080. The summed E-state index contributed by atoms with van der Waals surface area (Å²) in [5.74, 6) is -133. The highest BCUT2D eigenvalue weighted by atomic mass is 19.5. The van der Waals surface area contributed by atoms with Crippen molar-refractivity contribution in [3.05, 3.63) is 17.7 Å². The number of halogens is 39. The summed E-state index contributed by atoms with van der Waals surface area (Å²) in [5.41, 5.74) is -1.72. The van der Waals surface area contributed by atoms with Crippen LogP contribution in [-0.2, 0) is 4.74 Å². The van der Waals surface area contributed by atoms with E-state index in [1.807, 2.05) is 0 Å². The zero-order valence-electron chi connectivity index (χ0n) is 34.7. The van der Waals surface area contributed by atoms with Crippen LogP contribution in [0.1, 0.15) is 29.6 Å². The Hall–Kier alpha value is -4.64. The van der Waals surface area contributed by atoms with E-state index >= 15 is 0 Å². The standard InChI is InChI=1S/C32H17F39O5/c1-73-14(72)10-8-11(74-5-2-15(33,34)18(39,40)21(45,46)24(51,52)27(57,58)30(63,64)65)13(76-7-4-17(37,38)20(43,44)23(49,50)26(55,56)29(61,62)32(69,70)71)12(9-10)75-6-3-16(35,36)19(41,42)22(47,48)25(53,54)28(59,60)31(66,67)68/h8-9H,2-7H2,1H3. The van der Waals surface area contributed by atoms with Crippen LogP contribution in [0.25, 0.3) is 0 Å². The van der Waals surface area contributed by atoms with Gasteiger partial charge in [0.25, 0.3) is 0 Å². The summed E-state index contributed by atoms with van der Waals surface area (Å²) in [7, 11) is 0.182. The molecule has 0 N–H and O–H groups in total. The molecule has 0 unspecified atom stereocenters. The van der Waals surface area contributed by atoms with E-state index in [9.17, 15) is 176 Å². The average molecular weight is 1220 g/mol. The Labute approximate surface area is 390 Å². The minimum Gasteiger partial charge on any atom is -0.489 e. The van der Waals surface area contributed by atoms with E-state index in [0.29, 0.717) is 0 Å². The Morgan fingerprint density at radius 1 is 0.316 bits per heavy atom. The van der Waals surface area contributed by atoms with Gasteiger partial charge in [-0.2, -0.15) is 171 Å². The zero-order valence-corrected chi connectivity index (χ0v) is 34.7. The molecular formula is C32H17F39O5. The summed E-state index contributed by atoms with van der Waals surface area (Å²) < 4.78 is 545. The summed E-state index contributed by atoms with van der Waals surface area (Å²) in [4.78, 5) is 12.2. The fourth-order valence-electron chi connectivity index (χ4n) is 4.91. The van der Waals surface area contributed by atoms with Crippen molar-refractivity contribution >= 4 is 5.97 Å². The number of hydrogen-bond acceptors (Lipinski definition) is 5. The molecule has 0 aromatic heterocycles. The molecule has 0 aliphatic carbocycles. The smallest absolute Gasteiger partial charge is 0.460 e. The monoisotopic (exact) mass is 1220 g/mol. The second-order valence-electron chi connectivity index (χ2n) is 14.6. The van der Waals surface area contributed by atoms with Crippen LogP contribution in [0.3, 0.4) is 0 Å². The fourth-order valence-corrected chi connectivity index (χ4v) is 4.91. The van der Waals surface area contributed by atoms with Gasteiger partial charge in [0.2, 0.25) is 5.75 Å². The molecule has 1 rings (SSSR count). The van der Waals surface area contributed by atoms with Crippen molar-refractivity contribution in [3.8, 4) is 17.2 Å². The minimum atomic E-state index is -8.63. The SMILES string of the molecule is COC(=O)c1cc(OCCC(F)(F)C(F)(F)C(F)(F)C(F)(F)C(F)(F)C(F)(F)F)c(OCCC(F)(F)C(F)(F)C(F)(F)C(F)(F)C(F)(F)C(F)(F)F)c(OCCC(F)(F)C(F)(F)C(F)(F)C(F)(F)C(F)(F)C(F)(F)F)c1. The van der Waals surface area contributed by atoms with E-state index in [2.05, 4.69) is 18.9 Å². The van der Waals surface area contributed by atoms with Crippen molar-refractivity contribution in [2.24, 2.45) is 0 Å². The number of esters is 1. The molecular weight excluding hydrogens is 1210 g/mol. The second-order valence-corrected chi connectivity index (χ2v) is 14.6. The van der Waals surface area contributed by atoms with Gasteiger partial charge < -0.3 is 18.9 Å². The molecule has 1 aromatic carbocycles. The van der Waals surface area contributed by atoms with Crippen molar-refractivity contribution in [2.45, 2.75) is 127 Å². The van der Waals surface area contributed by atoms with Gasteiger partial charge in [0.15, 0.2) is 11.5 Å². The van der Waals surface area contributed by atoms with Crippen LogP contribution >= 0.6 is 0 Å². The maximum atomic E-state index is 14.5. The van der Waals surface area contributed by atoms with E-state index < -0.39 is 187 Å². The molecule has 5 nitrogen and oxygen atoms in total. The minimum absolute atomic E-state index is 0.182. The lowest BCUT2D eigenvalue weighted by molar-refractivity contribution is -0.440. The average Bonchev–Trinajstić information content (AvgIpc) is 3.21. The van der Waals surface area contributed by atoms with E-state index in [1.165, 1.54) is 0 Å². The predicted octanol–water partition coefficient (Wildman–Crippen LogP) is 15.0. The van der Waals surface area contributed by atoms with E-state index in [0.717, 1.165) is 0 Å². The fraction of sp³-hybridized carbons (Fsp3) is 0.781. The third-order valence-electron chi connectivity index (χ3n) is 9.45. The number of rotatable bonds is 25. The molecule has 0 aliphatic heterocycles. The quantitative estimate of drug-likeness (QED) is 0.0721. The lowest BCUT2D eigenvalue weighted by atomic mass is 9.93. The van der Waals surface area contributed by atoms with Crippen molar-refractivity contribution in [1.82, 2.24) is 0 Å². The molecule has 0 saturated carbocycles. The molecule has 0 heterocycles. The van der Waals surface area contributed by atoms with Gasteiger partial charge in [0, 0.05) is 0 Å². The van der Waals surface area contributed by atoms with Crippen LogP contribution in [0, 0.1) is 0 Å². The lowest BCUT2D eigenvalue weighted by Crippen LogP contribution is -2.70. The first kappa shape index (κ1) is 69.4. The molecule has 0 spiro atoms. The molecule has 44 heteroatoms. The first-order chi connectivity index (χ1) is 32.9. The molecule has 0 saturated heterocycles. The molecule has 0 aliphatic rings. The van der Waals surface area contributed by atoms with Gasteiger partial charge in [-0.1, -0.05) is 0 Å². The highest BCUT2D eigenvalue weighted by Crippen LogP contribution is 2.64. The molecule has 0 atom stereocenters. The molecule has 448 valence electrons. The van der Waals surface area contributed by atoms with Crippen molar-refractivity contribution < 1.29 is 195 Å². The van der Waals surface area contributed by atoms with Crippen LogP contribution in [0.4, 0.5) is 171 Å². The third kappa shape index (κ3) is 10.8. The Balaban J connectivity index is 4.10. The number of benzene rings is 1. The van der Waals surface area contributed by atoms with E-state index in [-0.39, 0.29) is 7.11 Å². The summed E-state index contributed by atoms with van der Waals surface area (Å²) >= 11 is 0. The van der Waals surface area contributed by atoms with Crippen LogP contribution < -0.4 is 14.2 Å². The zero-order chi connectivity index (χ0) is 61.4. The summed E-state index contributed by atoms with van der Waals surface area (Å²) in [6.45, 7) is -8.84. The van der Waals surface area contributed by atoms with Crippen LogP contribution in [0.5, 0.6) is 17.2 Å². The van der Waals surface area contributed by atoms with Crippen LogP contribution in [0.15, 0.2) is 12.1 Å². The summed E-state index contributed by atoms with van der Waals surface area (Å²) in [5, 5.41) is 0. The number of carbonyl (C=O) groups is 1. The first-order valence-corrected chi connectivity index (χ1v) is 17.9. The van der Waals surface area contributed by atoms with Gasteiger partial charge >= 0.3 is 113 Å². The molecule has 0 amide bonds.